The molecule has 4 amide bonds. The summed E-state index contributed by atoms with van der Waals surface area (Å²) in [4.78, 5) is 38.6. The van der Waals surface area contributed by atoms with Crippen molar-refractivity contribution < 1.29 is 23.9 Å². The molecular formula is C19H25N3O5. The van der Waals surface area contributed by atoms with Crippen molar-refractivity contribution >= 4 is 23.5 Å². The van der Waals surface area contributed by atoms with Crippen LogP contribution in [0.15, 0.2) is 18.2 Å². The van der Waals surface area contributed by atoms with E-state index in [0.717, 1.165) is 30.6 Å². The summed E-state index contributed by atoms with van der Waals surface area (Å²) >= 11 is 0. The molecule has 0 bridgehead atoms. The van der Waals surface area contributed by atoms with E-state index in [1.165, 1.54) is 14.2 Å². The quantitative estimate of drug-likeness (QED) is 0.770. The number of methoxy groups -OCH3 is 2. The van der Waals surface area contributed by atoms with E-state index < -0.39 is 17.5 Å². The lowest BCUT2D eigenvalue weighted by molar-refractivity contribution is -0.134. The molecule has 146 valence electrons. The van der Waals surface area contributed by atoms with Gasteiger partial charge in [0, 0.05) is 23.9 Å². The van der Waals surface area contributed by atoms with Gasteiger partial charge in [0.1, 0.15) is 23.6 Å². The number of hydrogen-bond donors (Lipinski definition) is 2. The Morgan fingerprint density at radius 2 is 1.67 bits per heavy atom. The van der Waals surface area contributed by atoms with E-state index in [9.17, 15) is 14.4 Å². The molecular weight excluding hydrogens is 350 g/mol. The highest BCUT2D eigenvalue weighted by Crippen LogP contribution is 2.32. The molecule has 27 heavy (non-hydrogen) atoms. The first-order valence-corrected chi connectivity index (χ1v) is 9.14. The summed E-state index contributed by atoms with van der Waals surface area (Å²) in [5.74, 6) is 0.293. The molecule has 0 unspecified atom stereocenters. The second kappa shape index (κ2) is 7.85. The van der Waals surface area contributed by atoms with Crippen LogP contribution in [-0.2, 0) is 9.59 Å². The molecule has 1 saturated carbocycles. The Bertz CT molecular complexity index is 719. The molecule has 1 aromatic carbocycles. The van der Waals surface area contributed by atoms with E-state index in [1.807, 2.05) is 0 Å². The Balaban J connectivity index is 1.69. The second-order valence-electron chi connectivity index (χ2n) is 6.97. The van der Waals surface area contributed by atoms with E-state index in [-0.39, 0.29) is 12.5 Å². The number of benzene rings is 1. The van der Waals surface area contributed by atoms with E-state index in [1.54, 1.807) is 18.2 Å². The third kappa shape index (κ3) is 3.99. The number of carbonyl (C=O) groups excluding carboxylic acids is 3. The smallest absolute Gasteiger partial charge is 0.325 e. The van der Waals surface area contributed by atoms with Gasteiger partial charge in [-0.25, -0.2) is 4.79 Å². The topological polar surface area (TPSA) is 97.0 Å². The second-order valence-corrected chi connectivity index (χ2v) is 6.97. The predicted octanol–water partition coefficient (Wildman–Crippen LogP) is 2.29. The molecule has 8 heteroatoms. The number of amides is 4. The maximum Gasteiger partial charge on any atom is 0.325 e. The van der Waals surface area contributed by atoms with Gasteiger partial charge in [0.2, 0.25) is 5.91 Å². The molecule has 2 fully saturated rings. The number of urea groups is 1. The van der Waals surface area contributed by atoms with Crippen LogP contribution in [0.1, 0.15) is 38.5 Å². The highest BCUT2D eigenvalue weighted by atomic mass is 16.5. The lowest BCUT2D eigenvalue weighted by atomic mass is 9.90. The van der Waals surface area contributed by atoms with Crippen molar-refractivity contribution in [2.75, 3.05) is 26.1 Å². The van der Waals surface area contributed by atoms with E-state index in [2.05, 4.69) is 10.6 Å². The summed E-state index contributed by atoms with van der Waals surface area (Å²) in [6.07, 6.45) is 5.17. The zero-order valence-electron chi connectivity index (χ0n) is 15.7. The third-order valence-corrected chi connectivity index (χ3v) is 5.14. The van der Waals surface area contributed by atoms with Gasteiger partial charge in [-0.3, -0.25) is 14.5 Å². The number of ether oxygens (including phenoxy) is 2. The van der Waals surface area contributed by atoms with Gasteiger partial charge < -0.3 is 20.1 Å². The molecule has 1 aromatic rings. The largest absolute Gasteiger partial charge is 0.497 e. The molecule has 0 radical (unpaired) electrons. The molecule has 1 aliphatic carbocycles. The van der Waals surface area contributed by atoms with Crippen molar-refractivity contribution in [3.63, 3.8) is 0 Å². The van der Waals surface area contributed by atoms with E-state index >= 15 is 0 Å². The summed E-state index contributed by atoms with van der Waals surface area (Å²) < 4.78 is 10.3. The van der Waals surface area contributed by atoms with Gasteiger partial charge in [0.25, 0.3) is 5.91 Å². The number of anilines is 1. The number of rotatable bonds is 5. The monoisotopic (exact) mass is 375 g/mol. The number of hydrogen-bond acceptors (Lipinski definition) is 5. The van der Waals surface area contributed by atoms with Crippen LogP contribution >= 0.6 is 0 Å². The number of carbonyl (C=O) groups is 3. The first-order valence-electron chi connectivity index (χ1n) is 9.14. The molecule has 3 rings (SSSR count). The van der Waals surface area contributed by atoms with Crippen molar-refractivity contribution in [1.82, 2.24) is 10.2 Å². The Morgan fingerprint density at radius 3 is 2.22 bits per heavy atom. The van der Waals surface area contributed by atoms with Crippen molar-refractivity contribution in [1.29, 1.82) is 0 Å². The summed E-state index contributed by atoms with van der Waals surface area (Å²) in [5, 5.41) is 5.52. The van der Waals surface area contributed by atoms with Crippen molar-refractivity contribution in [2.24, 2.45) is 0 Å². The van der Waals surface area contributed by atoms with Crippen LogP contribution in [0.25, 0.3) is 0 Å². The van der Waals surface area contributed by atoms with E-state index in [4.69, 9.17) is 9.47 Å². The van der Waals surface area contributed by atoms with Crippen LogP contribution < -0.4 is 20.1 Å². The maximum absolute atomic E-state index is 12.9. The van der Waals surface area contributed by atoms with Crippen molar-refractivity contribution in [2.45, 2.75) is 44.1 Å². The summed E-state index contributed by atoms with van der Waals surface area (Å²) in [6, 6.07) is 4.46. The van der Waals surface area contributed by atoms with Crippen LogP contribution in [0.3, 0.4) is 0 Å². The lowest BCUT2D eigenvalue weighted by Crippen LogP contribution is -2.47. The van der Waals surface area contributed by atoms with Gasteiger partial charge in [0.05, 0.1) is 14.2 Å². The van der Waals surface area contributed by atoms with Crippen LogP contribution in [0, 0.1) is 0 Å². The Labute approximate surface area is 158 Å². The van der Waals surface area contributed by atoms with Crippen LogP contribution in [0.5, 0.6) is 11.5 Å². The molecule has 8 nitrogen and oxygen atoms in total. The molecule has 0 atom stereocenters. The minimum Gasteiger partial charge on any atom is -0.497 e. The summed E-state index contributed by atoms with van der Waals surface area (Å²) in [7, 11) is 3.03. The summed E-state index contributed by atoms with van der Waals surface area (Å²) in [6.45, 7) is -0.327. The van der Waals surface area contributed by atoms with Crippen LogP contribution in [-0.4, -0.2) is 49.0 Å². The Kier molecular flexibility index (Phi) is 5.53. The predicted molar refractivity (Wildman–Crippen MR) is 98.9 cm³/mol. The molecule has 1 heterocycles. The molecule has 1 aliphatic heterocycles. The number of nitrogens with one attached hydrogen (secondary N) is 2. The fourth-order valence-electron chi connectivity index (χ4n) is 3.71. The highest BCUT2D eigenvalue weighted by Gasteiger charge is 2.51. The van der Waals surface area contributed by atoms with Gasteiger partial charge >= 0.3 is 6.03 Å². The highest BCUT2D eigenvalue weighted by molar-refractivity contribution is 6.10. The Morgan fingerprint density at radius 1 is 1.07 bits per heavy atom. The fourth-order valence-corrected chi connectivity index (χ4v) is 3.71. The zero-order valence-corrected chi connectivity index (χ0v) is 15.7. The molecule has 1 spiro atoms. The normalized spacial score (nSPS) is 18.8. The first kappa shape index (κ1) is 19.0. The maximum atomic E-state index is 12.9. The number of nitrogens with zero attached hydrogens (tertiary/aromatic N) is 1. The molecule has 1 saturated heterocycles. The third-order valence-electron chi connectivity index (χ3n) is 5.14. The average molecular weight is 375 g/mol. The molecule has 2 aliphatic rings. The fraction of sp³-hybridized carbons (Fsp3) is 0.526. The first-order chi connectivity index (χ1) is 13.0. The van der Waals surface area contributed by atoms with Gasteiger partial charge in [-0.1, -0.05) is 25.7 Å². The van der Waals surface area contributed by atoms with Crippen molar-refractivity contribution in [3.05, 3.63) is 18.2 Å². The zero-order chi connectivity index (χ0) is 19.4. The SMILES string of the molecule is COc1cc(NC(=O)CN2C(=O)NC3(CCCCCC3)C2=O)cc(OC)c1. The Hall–Kier alpha value is -2.77. The standard InChI is InChI=1S/C19H25N3O5/c1-26-14-9-13(10-15(11-14)27-2)20-16(23)12-22-17(24)19(21-18(22)25)7-5-3-4-6-8-19/h9-11H,3-8,12H2,1-2H3,(H,20,23)(H,21,25). The van der Waals surface area contributed by atoms with Crippen molar-refractivity contribution in [3.8, 4) is 11.5 Å². The van der Waals surface area contributed by atoms with Crippen LogP contribution in [0.4, 0.5) is 10.5 Å². The molecule has 0 aromatic heterocycles. The van der Waals surface area contributed by atoms with Gasteiger partial charge in [-0.05, 0) is 12.8 Å². The minimum atomic E-state index is -0.840. The minimum absolute atomic E-state index is 0.298. The molecule has 2 N–H and O–H groups in total. The van der Waals surface area contributed by atoms with E-state index in [0.29, 0.717) is 30.0 Å². The number of imide groups is 1. The average Bonchev–Trinajstić information content (AvgIpc) is 2.83. The van der Waals surface area contributed by atoms with Crippen LogP contribution in [0.2, 0.25) is 0 Å². The van der Waals surface area contributed by atoms with Gasteiger partial charge in [-0.2, -0.15) is 0 Å². The van der Waals surface area contributed by atoms with Gasteiger partial charge in [-0.15, -0.1) is 0 Å². The lowest BCUT2D eigenvalue weighted by Gasteiger charge is -2.24. The summed E-state index contributed by atoms with van der Waals surface area (Å²) in [5.41, 5.74) is -0.375. The van der Waals surface area contributed by atoms with Gasteiger partial charge in [0.15, 0.2) is 0 Å².